The van der Waals surface area contributed by atoms with Gasteiger partial charge in [-0.2, -0.15) is 0 Å². The Bertz CT molecular complexity index is 726. The molecular formula is C21H23ClO4. The third kappa shape index (κ3) is 4.92. The largest absolute Gasteiger partial charge is 0.489 e. The Morgan fingerprint density at radius 3 is 2.54 bits per heavy atom. The number of aliphatic carboxylic acids is 1. The first-order chi connectivity index (χ1) is 12.6. The summed E-state index contributed by atoms with van der Waals surface area (Å²) in [5.41, 5.74) is 1.07. The van der Waals surface area contributed by atoms with E-state index in [4.69, 9.17) is 21.1 Å². The van der Waals surface area contributed by atoms with Gasteiger partial charge in [-0.3, -0.25) is 0 Å². The van der Waals surface area contributed by atoms with Crippen LogP contribution in [-0.2, 0) is 4.79 Å². The molecule has 0 heterocycles. The molecule has 1 aliphatic rings. The fourth-order valence-corrected chi connectivity index (χ4v) is 3.55. The van der Waals surface area contributed by atoms with E-state index in [1.54, 1.807) is 30.3 Å². The van der Waals surface area contributed by atoms with Gasteiger partial charge in [-0.05, 0) is 54.7 Å². The SMILES string of the molecule is O=C(O)C(COc1ccc(Cl)cc1C1CCCCC1)Oc1ccccc1. The van der Waals surface area contributed by atoms with Crippen LogP contribution in [-0.4, -0.2) is 23.8 Å². The number of hydrogen-bond acceptors (Lipinski definition) is 3. The van der Waals surface area contributed by atoms with Crippen LogP contribution in [0.5, 0.6) is 11.5 Å². The number of ether oxygens (including phenoxy) is 2. The average Bonchev–Trinajstić information content (AvgIpc) is 2.67. The minimum atomic E-state index is -1.08. The van der Waals surface area contributed by atoms with Gasteiger partial charge in [0.2, 0.25) is 6.10 Å². The van der Waals surface area contributed by atoms with Crippen LogP contribution < -0.4 is 9.47 Å². The molecule has 0 aromatic heterocycles. The van der Waals surface area contributed by atoms with Gasteiger partial charge >= 0.3 is 5.97 Å². The lowest BCUT2D eigenvalue weighted by molar-refractivity contribution is -0.146. The summed E-state index contributed by atoms with van der Waals surface area (Å²) in [6.45, 7) is -0.0639. The number of carboxylic acids is 1. The van der Waals surface area contributed by atoms with E-state index in [1.807, 2.05) is 18.2 Å². The van der Waals surface area contributed by atoms with Crippen molar-refractivity contribution in [1.82, 2.24) is 0 Å². The van der Waals surface area contributed by atoms with Gasteiger partial charge in [0.15, 0.2) is 0 Å². The third-order valence-corrected chi connectivity index (χ3v) is 4.94. The van der Waals surface area contributed by atoms with Crippen LogP contribution in [0.15, 0.2) is 48.5 Å². The molecule has 0 radical (unpaired) electrons. The maximum Gasteiger partial charge on any atom is 0.348 e. The first kappa shape index (κ1) is 18.6. The molecule has 5 heteroatoms. The molecule has 4 nitrogen and oxygen atoms in total. The van der Waals surface area contributed by atoms with E-state index in [-0.39, 0.29) is 6.61 Å². The smallest absolute Gasteiger partial charge is 0.348 e. The van der Waals surface area contributed by atoms with E-state index >= 15 is 0 Å². The number of carbonyl (C=O) groups is 1. The number of halogens is 1. The van der Waals surface area contributed by atoms with Gasteiger partial charge in [0, 0.05) is 5.02 Å². The van der Waals surface area contributed by atoms with Crippen LogP contribution in [0.4, 0.5) is 0 Å². The van der Waals surface area contributed by atoms with E-state index in [9.17, 15) is 9.90 Å². The van der Waals surface area contributed by atoms with Crippen molar-refractivity contribution in [1.29, 1.82) is 0 Å². The maximum atomic E-state index is 11.5. The molecule has 0 amide bonds. The van der Waals surface area contributed by atoms with Gasteiger partial charge in [-0.1, -0.05) is 49.1 Å². The normalized spacial score (nSPS) is 16.0. The summed E-state index contributed by atoms with van der Waals surface area (Å²) in [4.78, 5) is 11.5. The van der Waals surface area contributed by atoms with Crippen molar-refractivity contribution in [2.45, 2.75) is 44.1 Å². The van der Waals surface area contributed by atoms with Crippen LogP contribution in [0.2, 0.25) is 5.02 Å². The monoisotopic (exact) mass is 374 g/mol. The van der Waals surface area contributed by atoms with Crippen molar-refractivity contribution in [3.63, 3.8) is 0 Å². The van der Waals surface area contributed by atoms with Crippen LogP contribution in [0.1, 0.15) is 43.6 Å². The third-order valence-electron chi connectivity index (χ3n) is 4.70. The van der Waals surface area contributed by atoms with Crippen molar-refractivity contribution in [3.8, 4) is 11.5 Å². The fraction of sp³-hybridized carbons (Fsp3) is 0.381. The zero-order chi connectivity index (χ0) is 18.4. The van der Waals surface area contributed by atoms with Crippen molar-refractivity contribution in [2.75, 3.05) is 6.61 Å². The Hall–Kier alpha value is -2.20. The Morgan fingerprint density at radius 2 is 1.85 bits per heavy atom. The number of hydrogen-bond donors (Lipinski definition) is 1. The quantitative estimate of drug-likeness (QED) is 0.714. The molecule has 1 N–H and O–H groups in total. The van der Waals surface area contributed by atoms with Gasteiger partial charge in [0.25, 0.3) is 0 Å². The molecule has 1 atom stereocenters. The topological polar surface area (TPSA) is 55.8 Å². The molecule has 1 saturated carbocycles. The highest BCUT2D eigenvalue weighted by Gasteiger charge is 2.23. The summed E-state index contributed by atoms with van der Waals surface area (Å²) >= 11 is 6.18. The highest BCUT2D eigenvalue weighted by Crippen LogP contribution is 2.38. The standard InChI is InChI=1S/C21H23ClO4/c22-16-11-12-19(18(13-16)15-7-3-1-4-8-15)25-14-20(21(23)24)26-17-9-5-2-6-10-17/h2,5-6,9-13,15,20H,1,3-4,7-8,14H2,(H,23,24). The molecule has 0 spiro atoms. The predicted octanol–water partition coefficient (Wildman–Crippen LogP) is 5.30. The highest BCUT2D eigenvalue weighted by molar-refractivity contribution is 6.30. The Balaban J connectivity index is 1.71. The van der Waals surface area contributed by atoms with Crippen molar-refractivity contribution in [2.24, 2.45) is 0 Å². The molecule has 0 bridgehead atoms. The number of carboxylic acid groups (broad SMARTS) is 1. The molecule has 0 aliphatic heterocycles. The summed E-state index contributed by atoms with van der Waals surface area (Å²) < 4.78 is 11.4. The van der Waals surface area contributed by atoms with Crippen molar-refractivity contribution < 1.29 is 19.4 Å². The zero-order valence-electron chi connectivity index (χ0n) is 14.6. The summed E-state index contributed by atoms with van der Waals surface area (Å²) in [6, 6.07) is 14.5. The number of benzene rings is 2. The van der Waals surface area contributed by atoms with Gasteiger partial charge < -0.3 is 14.6 Å². The summed E-state index contributed by atoms with van der Waals surface area (Å²) in [5, 5.41) is 10.1. The second kappa shape index (κ2) is 8.95. The first-order valence-electron chi connectivity index (χ1n) is 9.00. The molecule has 3 rings (SSSR count). The minimum absolute atomic E-state index is 0.0639. The van der Waals surface area contributed by atoms with E-state index in [0.717, 1.165) is 18.4 Å². The lowest BCUT2D eigenvalue weighted by atomic mass is 9.84. The number of rotatable bonds is 7. The molecular weight excluding hydrogens is 352 g/mol. The Morgan fingerprint density at radius 1 is 1.12 bits per heavy atom. The molecule has 1 unspecified atom stereocenters. The van der Waals surface area contributed by atoms with E-state index in [2.05, 4.69) is 0 Å². The fourth-order valence-electron chi connectivity index (χ4n) is 3.37. The summed E-state index contributed by atoms with van der Waals surface area (Å²) in [6.07, 6.45) is 4.81. The lowest BCUT2D eigenvalue weighted by Gasteiger charge is -2.25. The highest BCUT2D eigenvalue weighted by atomic mass is 35.5. The van der Waals surface area contributed by atoms with Gasteiger partial charge in [0.1, 0.15) is 18.1 Å². The molecule has 2 aromatic rings. The number of para-hydroxylation sites is 1. The van der Waals surface area contributed by atoms with Gasteiger partial charge in [0.05, 0.1) is 0 Å². The van der Waals surface area contributed by atoms with Crippen molar-refractivity contribution >= 4 is 17.6 Å². The molecule has 2 aromatic carbocycles. The summed E-state index contributed by atoms with van der Waals surface area (Å²) in [5.74, 6) is 0.564. The average molecular weight is 375 g/mol. The second-order valence-corrected chi connectivity index (χ2v) is 7.02. The van der Waals surface area contributed by atoms with Gasteiger partial charge in [-0.25, -0.2) is 4.79 Å². The first-order valence-corrected chi connectivity index (χ1v) is 9.38. The van der Waals surface area contributed by atoms with E-state index in [0.29, 0.717) is 22.4 Å². The van der Waals surface area contributed by atoms with Crippen LogP contribution in [0.3, 0.4) is 0 Å². The van der Waals surface area contributed by atoms with Crippen LogP contribution in [0, 0.1) is 0 Å². The van der Waals surface area contributed by atoms with Crippen LogP contribution in [0.25, 0.3) is 0 Å². The minimum Gasteiger partial charge on any atom is -0.489 e. The second-order valence-electron chi connectivity index (χ2n) is 6.59. The predicted molar refractivity (Wildman–Crippen MR) is 101 cm³/mol. The maximum absolute atomic E-state index is 11.5. The molecule has 1 fully saturated rings. The molecule has 0 saturated heterocycles. The van der Waals surface area contributed by atoms with E-state index in [1.165, 1.54) is 19.3 Å². The molecule has 26 heavy (non-hydrogen) atoms. The van der Waals surface area contributed by atoms with Gasteiger partial charge in [-0.15, -0.1) is 0 Å². The van der Waals surface area contributed by atoms with Crippen LogP contribution >= 0.6 is 11.6 Å². The Labute approximate surface area is 158 Å². The van der Waals surface area contributed by atoms with E-state index < -0.39 is 12.1 Å². The zero-order valence-corrected chi connectivity index (χ0v) is 15.3. The Kier molecular flexibility index (Phi) is 6.40. The van der Waals surface area contributed by atoms with Crippen molar-refractivity contribution in [3.05, 3.63) is 59.1 Å². The summed E-state index contributed by atoms with van der Waals surface area (Å²) in [7, 11) is 0. The lowest BCUT2D eigenvalue weighted by Crippen LogP contribution is -2.33. The molecule has 138 valence electrons. The molecule has 1 aliphatic carbocycles.